The predicted molar refractivity (Wildman–Crippen MR) is 123 cm³/mol. The Morgan fingerprint density at radius 1 is 1.19 bits per heavy atom. The smallest absolute Gasteiger partial charge is 0.270 e. The molecule has 0 bridgehead atoms. The number of aryl methyl sites for hydroxylation is 1. The van der Waals surface area contributed by atoms with Crippen molar-refractivity contribution in [2.24, 2.45) is 0 Å². The zero-order valence-corrected chi connectivity index (χ0v) is 17.7. The van der Waals surface area contributed by atoms with Crippen LogP contribution in [0.3, 0.4) is 0 Å². The number of aromatic nitrogens is 2. The third-order valence-electron chi connectivity index (χ3n) is 5.65. The summed E-state index contributed by atoms with van der Waals surface area (Å²) < 4.78 is 1.31. The standard InChI is InChI=1S/C23H18N4O4S/c28-20(26-10-4-7-15-5-1-2-9-19(15)26)12-25-14-24-22-21(23(25)29)18(13-32-22)16-6-3-8-17(11-16)27(30)31/h1-3,5-6,8-9,11,13-14H,4,7,10,12H2. The Balaban J connectivity index is 1.52. The number of carbonyl (C=O) groups is 1. The molecule has 4 aromatic rings. The van der Waals surface area contributed by atoms with E-state index in [9.17, 15) is 19.7 Å². The summed E-state index contributed by atoms with van der Waals surface area (Å²) in [6, 6.07) is 14.0. The van der Waals surface area contributed by atoms with Crippen molar-refractivity contribution in [1.29, 1.82) is 0 Å². The molecule has 0 radical (unpaired) electrons. The molecule has 0 saturated heterocycles. The molecule has 1 aliphatic heterocycles. The summed E-state index contributed by atoms with van der Waals surface area (Å²) in [5, 5.41) is 13.3. The van der Waals surface area contributed by atoms with Gasteiger partial charge in [0.2, 0.25) is 5.91 Å². The van der Waals surface area contributed by atoms with Crippen molar-refractivity contribution in [2.45, 2.75) is 19.4 Å². The second kappa shape index (κ2) is 8.01. The lowest BCUT2D eigenvalue weighted by atomic mass is 10.0. The molecule has 0 atom stereocenters. The minimum atomic E-state index is -0.469. The molecule has 160 valence electrons. The Hall–Kier alpha value is -3.85. The molecule has 0 aliphatic carbocycles. The van der Waals surface area contributed by atoms with Gasteiger partial charge < -0.3 is 4.90 Å². The molecule has 1 amide bonds. The molecule has 3 heterocycles. The summed E-state index contributed by atoms with van der Waals surface area (Å²) in [7, 11) is 0. The number of amides is 1. The van der Waals surface area contributed by atoms with E-state index in [0.717, 1.165) is 24.1 Å². The van der Waals surface area contributed by atoms with Gasteiger partial charge in [-0.15, -0.1) is 11.3 Å². The minimum absolute atomic E-state index is 0.0509. The number of anilines is 1. The fourth-order valence-corrected chi connectivity index (χ4v) is 5.01. The normalized spacial score (nSPS) is 13.2. The van der Waals surface area contributed by atoms with E-state index >= 15 is 0 Å². The number of non-ortho nitro benzene ring substituents is 1. The van der Waals surface area contributed by atoms with Gasteiger partial charge in [0.25, 0.3) is 11.2 Å². The third kappa shape index (κ3) is 3.46. The summed E-state index contributed by atoms with van der Waals surface area (Å²) in [6.45, 7) is 0.484. The molecule has 2 aromatic heterocycles. The lowest BCUT2D eigenvalue weighted by molar-refractivity contribution is -0.384. The van der Waals surface area contributed by atoms with Crippen LogP contribution in [0.1, 0.15) is 12.0 Å². The fourth-order valence-electron chi connectivity index (χ4n) is 4.10. The Morgan fingerprint density at radius 3 is 2.88 bits per heavy atom. The Kier molecular flexibility index (Phi) is 5.02. The van der Waals surface area contributed by atoms with Crippen LogP contribution < -0.4 is 10.5 Å². The van der Waals surface area contributed by atoms with Crippen LogP contribution in [-0.4, -0.2) is 26.9 Å². The van der Waals surface area contributed by atoms with E-state index in [1.165, 1.54) is 34.4 Å². The van der Waals surface area contributed by atoms with E-state index in [1.807, 2.05) is 24.3 Å². The van der Waals surface area contributed by atoms with Gasteiger partial charge in [-0.3, -0.25) is 24.3 Å². The quantitative estimate of drug-likeness (QED) is 0.348. The average molecular weight is 446 g/mol. The summed E-state index contributed by atoms with van der Waals surface area (Å²) >= 11 is 1.29. The first-order valence-corrected chi connectivity index (χ1v) is 11.0. The van der Waals surface area contributed by atoms with Crippen molar-refractivity contribution in [3.8, 4) is 11.1 Å². The molecule has 0 spiro atoms. The number of nitrogens with zero attached hydrogens (tertiary/aromatic N) is 4. The molecule has 5 rings (SSSR count). The maximum Gasteiger partial charge on any atom is 0.270 e. The van der Waals surface area contributed by atoms with Crippen LogP contribution in [0.4, 0.5) is 11.4 Å². The van der Waals surface area contributed by atoms with Gasteiger partial charge in [0.15, 0.2) is 0 Å². The highest BCUT2D eigenvalue weighted by atomic mass is 32.1. The number of benzene rings is 2. The first kappa shape index (κ1) is 20.1. The average Bonchev–Trinajstić information content (AvgIpc) is 3.25. The van der Waals surface area contributed by atoms with E-state index in [2.05, 4.69) is 4.98 Å². The number of fused-ring (bicyclic) bond motifs is 2. The van der Waals surface area contributed by atoms with Crippen LogP contribution in [-0.2, 0) is 17.8 Å². The van der Waals surface area contributed by atoms with Gasteiger partial charge in [-0.25, -0.2) is 4.98 Å². The molecule has 8 nitrogen and oxygen atoms in total. The molecular formula is C23H18N4O4S. The molecule has 32 heavy (non-hydrogen) atoms. The summed E-state index contributed by atoms with van der Waals surface area (Å²) in [5.41, 5.74) is 2.77. The van der Waals surface area contributed by atoms with E-state index in [1.54, 1.807) is 22.4 Å². The second-order valence-corrected chi connectivity index (χ2v) is 8.45. The van der Waals surface area contributed by atoms with Crippen LogP contribution >= 0.6 is 11.3 Å². The molecule has 0 unspecified atom stereocenters. The zero-order valence-electron chi connectivity index (χ0n) is 16.9. The van der Waals surface area contributed by atoms with Crippen LogP contribution in [0.2, 0.25) is 0 Å². The first-order chi connectivity index (χ1) is 15.5. The van der Waals surface area contributed by atoms with Crippen molar-refractivity contribution in [2.75, 3.05) is 11.4 Å². The van der Waals surface area contributed by atoms with Crippen molar-refractivity contribution >= 4 is 38.8 Å². The number of carbonyl (C=O) groups excluding carboxylic acids is 1. The van der Waals surface area contributed by atoms with Crippen LogP contribution in [0.25, 0.3) is 21.3 Å². The van der Waals surface area contributed by atoms with Crippen molar-refractivity contribution in [1.82, 2.24) is 9.55 Å². The number of nitro benzene ring substituents is 1. The molecule has 1 aliphatic rings. The van der Waals surface area contributed by atoms with Crippen molar-refractivity contribution < 1.29 is 9.72 Å². The molecule has 0 saturated carbocycles. The number of para-hydroxylation sites is 1. The van der Waals surface area contributed by atoms with Gasteiger partial charge in [-0.05, 0) is 30.0 Å². The molecule has 0 fully saturated rings. The van der Waals surface area contributed by atoms with E-state index in [4.69, 9.17) is 0 Å². The number of hydrogen-bond acceptors (Lipinski definition) is 6. The summed E-state index contributed by atoms with van der Waals surface area (Å²) in [6.07, 6.45) is 3.19. The highest BCUT2D eigenvalue weighted by molar-refractivity contribution is 7.17. The van der Waals surface area contributed by atoms with Crippen molar-refractivity contribution in [3.05, 3.63) is 86.3 Å². The number of rotatable bonds is 4. The van der Waals surface area contributed by atoms with Gasteiger partial charge in [0, 0.05) is 35.3 Å². The molecule has 0 N–H and O–H groups in total. The lowest BCUT2D eigenvalue weighted by Crippen LogP contribution is -2.39. The fraction of sp³-hybridized carbons (Fsp3) is 0.174. The summed E-state index contributed by atoms with van der Waals surface area (Å²) in [4.78, 5) is 43.7. The summed E-state index contributed by atoms with van der Waals surface area (Å²) in [5.74, 6) is -0.174. The number of nitro groups is 1. The SMILES string of the molecule is O=C(Cn1cnc2scc(-c3cccc([N+](=O)[O-])c3)c2c1=O)N1CCCc2ccccc21. The highest BCUT2D eigenvalue weighted by Crippen LogP contribution is 2.32. The van der Waals surface area contributed by atoms with Crippen LogP contribution in [0, 0.1) is 10.1 Å². The van der Waals surface area contributed by atoms with Gasteiger partial charge in [0.1, 0.15) is 11.4 Å². The third-order valence-corrected chi connectivity index (χ3v) is 6.53. The predicted octanol–water partition coefficient (Wildman–Crippen LogP) is 4.01. The maximum atomic E-state index is 13.3. The van der Waals surface area contributed by atoms with Crippen LogP contribution in [0.15, 0.2) is 65.0 Å². The molecular weight excluding hydrogens is 428 g/mol. The minimum Gasteiger partial charge on any atom is -0.311 e. The number of hydrogen-bond donors (Lipinski definition) is 0. The maximum absolute atomic E-state index is 13.3. The first-order valence-electron chi connectivity index (χ1n) is 10.1. The zero-order chi connectivity index (χ0) is 22.2. The molecule has 2 aromatic carbocycles. The number of thiophene rings is 1. The van der Waals surface area contributed by atoms with Gasteiger partial charge >= 0.3 is 0 Å². The lowest BCUT2D eigenvalue weighted by Gasteiger charge is -2.29. The largest absolute Gasteiger partial charge is 0.311 e. The van der Waals surface area contributed by atoms with Crippen molar-refractivity contribution in [3.63, 3.8) is 0 Å². The highest BCUT2D eigenvalue weighted by Gasteiger charge is 2.23. The van der Waals surface area contributed by atoms with E-state index in [0.29, 0.717) is 27.9 Å². The van der Waals surface area contributed by atoms with Gasteiger partial charge in [-0.1, -0.05) is 30.3 Å². The Morgan fingerprint density at radius 2 is 2.03 bits per heavy atom. The van der Waals surface area contributed by atoms with E-state index in [-0.39, 0.29) is 23.7 Å². The topological polar surface area (TPSA) is 98.3 Å². The Labute approximate surface area is 186 Å². The second-order valence-electron chi connectivity index (χ2n) is 7.59. The Bertz CT molecular complexity index is 1430. The van der Waals surface area contributed by atoms with Gasteiger partial charge in [0.05, 0.1) is 16.6 Å². The van der Waals surface area contributed by atoms with E-state index < -0.39 is 4.92 Å². The molecule has 9 heteroatoms. The van der Waals surface area contributed by atoms with Gasteiger partial charge in [-0.2, -0.15) is 0 Å². The van der Waals surface area contributed by atoms with Crippen LogP contribution in [0.5, 0.6) is 0 Å². The monoisotopic (exact) mass is 446 g/mol.